The van der Waals surface area contributed by atoms with Crippen molar-refractivity contribution >= 4 is 5.96 Å². The third-order valence-corrected chi connectivity index (χ3v) is 4.63. The molecule has 0 aliphatic rings. The van der Waals surface area contributed by atoms with Crippen molar-refractivity contribution in [3.63, 3.8) is 0 Å². The molecule has 0 fully saturated rings. The number of guanidine groups is 1. The maximum Gasteiger partial charge on any atom is 0.191 e. The van der Waals surface area contributed by atoms with Gasteiger partial charge in [0.1, 0.15) is 0 Å². The minimum atomic E-state index is 0.594. The SMILES string of the molecule is CCNC(=NCc1ccccc1COC)NCc1ccccc1Cn1cccn1. The molecule has 0 bridgehead atoms. The van der Waals surface area contributed by atoms with Gasteiger partial charge in [-0.15, -0.1) is 0 Å². The molecule has 2 aromatic carbocycles. The number of methoxy groups -OCH3 is 1. The molecule has 0 spiro atoms. The molecule has 0 aliphatic carbocycles. The lowest BCUT2D eigenvalue weighted by atomic mass is 10.1. The van der Waals surface area contributed by atoms with Gasteiger partial charge in [-0.05, 0) is 35.2 Å². The fraction of sp³-hybridized carbons (Fsp3) is 0.304. The molecule has 0 unspecified atom stereocenters. The summed E-state index contributed by atoms with van der Waals surface area (Å²) >= 11 is 0. The van der Waals surface area contributed by atoms with E-state index >= 15 is 0 Å². The molecule has 0 saturated carbocycles. The maximum absolute atomic E-state index is 5.30. The highest BCUT2D eigenvalue weighted by atomic mass is 16.5. The molecule has 29 heavy (non-hydrogen) atoms. The van der Waals surface area contributed by atoms with E-state index in [1.54, 1.807) is 13.3 Å². The molecule has 1 aromatic heterocycles. The fourth-order valence-electron chi connectivity index (χ4n) is 3.15. The number of aromatic nitrogens is 2. The van der Waals surface area contributed by atoms with Crippen LogP contribution in [0.4, 0.5) is 0 Å². The molecule has 0 amide bonds. The van der Waals surface area contributed by atoms with E-state index in [0.29, 0.717) is 19.7 Å². The van der Waals surface area contributed by atoms with Gasteiger partial charge in [-0.2, -0.15) is 5.10 Å². The van der Waals surface area contributed by atoms with E-state index in [1.165, 1.54) is 22.3 Å². The predicted molar refractivity (Wildman–Crippen MR) is 117 cm³/mol. The van der Waals surface area contributed by atoms with Crippen molar-refractivity contribution in [2.45, 2.75) is 33.2 Å². The van der Waals surface area contributed by atoms with Gasteiger partial charge in [0.05, 0.1) is 19.7 Å². The lowest BCUT2D eigenvalue weighted by Gasteiger charge is -2.15. The molecule has 0 radical (unpaired) electrons. The second-order valence-corrected chi connectivity index (χ2v) is 6.72. The van der Waals surface area contributed by atoms with Crippen molar-refractivity contribution < 1.29 is 4.74 Å². The molecule has 3 rings (SSSR count). The fourth-order valence-corrected chi connectivity index (χ4v) is 3.15. The number of rotatable bonds is 9. The van der Waals surface area contributed by atoms with Crippen molar-refractivity contribution in [2.75, 3.05) is 13.7 Å². The molecular weight excluding hydrogens is 362 g/mol. The maximum atomic E-state index is 5.30. The van der Waals surface area contributed by atoms with Crippen molar-refractivity contribution in [2.24, 2.45) is 4.99 Å². The summed E-state index contributed by atoms with van der Waals surface area (Å²) in [6.07, 6.45) is 3.78. The number of hydrogen-bond donors (Lipinski definition) is 2. The summed E-state index contributed by atoms with van der Waals surface area (Å²) in [6, 6.07) is 18.6. The van der Waals surface area contributed by atoms with Gasteiger partial charge in [0.15, 0.2) is 5.96 Å². The highest BCUT2D eigenvalue weighted by Crippen LogP contribution is 2.12. The van der Waals surface area contributed by atoms with E-state index in [1.807, 2.05) is 29.1 Å². The number of hydrogen-bond acceptors (Lipinski definition) is 3. The molecule has 6 nitrogen and oxygen atoms in total. The predicted octanol–water partition coefficient (Wildman–Crippen LogP) is 3.33. The third-order valence-electron chi connectivity index (χ3n) is 4.63. The first kappa shape index (κ1) is 20.6. The summed E-state index contributed by atoms with van der Waals surface area (Å²) in [4.78, 5) is 4.77. The minimum absolute atomic E-state index is 0.594. The lowest BCUT2D eigenvalue weighted by Crippen LogP contribution is -2.37. The van der Waals surface area contributed by atoms with Crippen molar-refractivity contribution in [1.82, 2.24) is 20.4 Å². The Balaban J connectivity index is 1.68. The van der Waals surface area contributed by atoms with Crippen molar-refractivity contribution in [3.05, 3.63) is 89.2 Å². The van der Waals surface area contributed by atoms with Crippen LogP contribution < -0.4 is 10.6 Å². The lowest BCUT2D eigenvalue weighted by molar-refractivity contribution is 0.184. The van der Waals surface area contributed by atoms with Gasteiger partial charge in [-0.3, -0.25) is 4.68 Å². The third kappa shape index (κ3) is 6.19. The van der Waals surface area contributed by atoms with Gasteiger partial charge in [0, 0.05) is 32.6 Å². The summed E-state index contributed by atoms with van der Waals surface area (Å²) in [5, 5.41) is 11.1. The Kier molecular flexibility index (Phi) is 7.83. The van der Waals surface area contributed by atoms with E-state index in [4.69, 9.17) is 9.73 Å². The largest absolute Gasteiger partial charge is 0.380 e. The average molecular weight is 392 g/mol. The number of nitrogens with one attached hydrogen (secondary N) is 2. The molecule has 152 valence electrons. The molecule has 0 saturated heterocycles. The van der Waals surface area contributed by atoms with Gasteiger partial charge in [-0.25, -0.2) is 4.99 Å². The van der Waals surface area contributed by atoms with Crippen molar-refractivity contribution in [1.29, 1.82) is 0 Å². The normalized spacial score (nSPS) is 11.4. The Bertz CT molecular complexity index is 905. The minimum Gasteiger partial charge on any atom is -0.380 e. The van der Waals surface area contributed by atoms with Gasteiger partial charge in [0.25, 0.3) is 0 Å². The van der Waals surface area contributed by atoms with Crippen LogP contribution in [0.25, 0.3) is 0 Å². The zero-order valence-electron chi connectivity index (χ0n) is 17.1. The Morgan fingerprint density at radius 3 is 2.38 bits per heavy atom. The summed E-state index contributed by atoms with van der Waals surface area (Å²) < 4.78 is 7.23. The van der Waals surface area contributed by atoms with Crippen LogP contribution in [0, 0.1) is 0 Å². The first-order chi connectivity index (χ1) is 14.3. The molecule has 2 N–H and O–H groups in total. The van der Waals surface area contributed by atoms with E-state index in [-0.39, 0.29) is 0 Å². The van der Waals surface area contributed by atoms with Gasteiger partial charge >= 0.3 is 0 Å². The smallest absolute Gasteiger partial charge is 0.191 e. The van der Waals surface area contributed by atoms with Crippen LogP contribution in [-0.4, -0.2) is 29.4 Å². The zero-order chi connectivity index (χ0) is 20.3. The Labute approximate surface area is 172 Å². The van der Waals surface area contributed by atoms with E-state index in [2.05, 4.69) is 59.1 Å². The van der Waals surface area contributed by atoms with Crippen LogP contribution in [0.15, 0.2) is 72.0 Å². The second kappa shape index (κ2) is 11.0. The highest BCUT2D eigenvalue weighted by Gasteiger charge is 2.06. The van der Waals surface area contributed by atoms with Gasteiger partial charge in [0.2, 0.25) is 0 Å². The second-order valence-electron chi connectivity index (χ2n) is 6.72. The zero-order valence-corrected chi connectivity index (χ0v) is 17.1. The summed E-state index contributed by atoms with van der Waals surface area (Å²) in [7, 11) is 1.71. The monoisotopic (exact) mass is 391 g/mol. The first-order valence-electron chi connectivity index (χ1n) is 9.92. The van der Waals surface area contributed by atoms with Crippen LogP contribution in [0.1, 0.15) is 29.2 Å². The topological polar surface area (TPSA) is 63.5 Å². The van der Waals surface area contributed by atoms with E-state index in [0.717, 1.165) is 19.0 Å². The molecule has 6 heteroatoms. The summed E-state index contributed by atoms with van der Waals surface area (Å²) in [5.74, 6) is 0.800. The number of nitrogens with zero attached hydrogens (tertiary/aromatic N) is 3. The molecule has 3 aromatic rings. The van der Waals surface area contributed by atoms with Gasteiger partial charge in [-0.1, -0.05) is 48.5 Å². The molecule has 0 aliphatic heterocycles. The number of ether oxygens (including phenoxy) is 1. The van der Waals surface area contributed by atoms with Crippen LogP contribution in [0.5, 0.6) is 0 Å². The van der Waals surface area contributed by atoms with Crippen LogP contribution in [0.2, 0.25) is 0 Å². The quantitative estimate of drug-likeness (QED) is 0.434. The Hall–Kier alpha value is -3.12. The van der Waals surface area contributed by atoms with Crippen LogP contribution >= 0.6 is 0 Å². The van der Waals surface area contributed by atoms with Gasteiger partial charge < -0.3 is 15.4 Å². The Morgan fingerprint density at radius 1 is 0.966 bits per heavy atom. The molecular formula is C23H29N5O. The van der Waals surface area contributed by atoms with Crippen molar-refractivity contribution in [3.8, 4) is 0 Å². The van der Waals surface area contributed by atoms with E-state index in [9.17, 15) is 0 Å². The average Bonchev–Trinajstić information content (AvgIpc) is 3.25. The number of aliphatic imine (C=N–C) groups is 1. The van der Waals surface area contributed by atoms with Crippen LogP contribution in [-0.2, 0) is 31.0 Å². The standard InChI is InChI=1S/C23H29N5O/c1-3-24-23(26-16-20-10-5-7-12-22(20)18-29-2)25-15-19-9-4-6-11-21(19)17-28-14-8-13-27-28/h4-14H,3,15-18H2,1-2H3,(H2,24,25,26). The van der Waals surface area contributed by atoms with E-state index < -0.39 is 0 Å². The van der Waals surface area contributed by atoms with Crippen LogP contribution in [0.3, 0.4) is 0 Å². The first-order valence-corrected chi connectivity index (χ1v) is 9.92. The number of benzene rings is 2. The molecule has 1 heterocycles. The summed E-state index contributed by atoms with van der Waals surface area (Å²) in [5.41, 5.74) is 4.81. The summed E-state index contributed by atoms with van der Waals surface area (Å²) in [6.45, 7) is 5.52. The highest BCUT2D eigenvalue weighted by molar-refractivity contribution is 5.79. The molecule has 0 atom stereocenters. The Morgan fingerprint density at radius 2 is 1.69 bits per heavy atom.